The molecule has 0 saturated heterocycles. The fraction of sp³-hybridized carbons (Fsp3) is 1.00. The Labute approximate surface area is 75.7 Å². The molecule has 0 spiro atoms. The number of alkyl halides is 2. The van der Waals surface area contributed by atoms with E-state index in [4.69, 9.17) is 5.73 Å². The fourth-order valence-corrected chi connectivity index (χ4v) is 1.25. The lowest BCUT2D eigenvalue weighted by molar-refractivity contribution is 0.238. The van der Waals surface area contributed by atoms with Crippen molar-refractivity contribution in [1.29, 1.82) is 0 Å². The largest absolute Gasteiger partial charge is 0.328 e. The van der Waals surface area contributed by atoms with E-state index in [-0.39, 0.29) is 12.5 Å². The molecule has 0 fully saturated rings. The molecule has 10 heavy (non-hydrogen) atoms. The molecule has 0 amide bonds. The molecule has 3 heteroatoms. The summed E-state index contributed by atoms with van der Waals surface area (Å²) in [6, 6.07) is 0. The van der Waals surface area contributed by atoms with Crippen LogP contribution in [0.3, 0.4) is 0 Å². The third-order valence-corrected chi connectivity index (χ3v) is 2.40. The molecule has 0 aromatic heterocycles. The molecule has 2 unspecified atom stereocenters. The Morgan fingerprint density at radius 2 is 2.20 bits per heavy atom. The van der Waals surface area contributed by atoms with Crippen molar-refractivity contribution in [1.82, 2.24) is 0 Å². The van der Waals surface area contributed by atoms with E-state index in [9.17, 15) is 4.39 Å². The van der Waals surface area contributed by atoms with Crippen LogP contribution in [0.1, 0.15) is 19.8 Å². The normalized spacial score (nSPS) is 16.8. The van der Waals surface area contributed by atoms with Crippen LogP contribution in [-0.2, 0) is 0 Å². The Morgan fingerprint density at radius 3 is 2.60 bits per heavy atom. The maximum absolute atomic E-state index is 12.7. The van der Waals surface area contributed by atoms with Crippen molar-refractivity contribution >= 4 is 22.6 Å². The first kappa shape index (κ1) is 10.6. The molecule has 2 N–H and O–H groups in total. The van der Waals surface area contributed by atoms with Crippen molar-refractivity contribution in [2.45, 2.75) is 25.9 Å². The highest BCUT2D eigenvalue weighted by Gasteiger charge is 2.12. The van der Waals surface area contributed by atoms with Gasteiger partial charge in [0.2, 0.25) is 0 Å². The molecule has 0 heterocycles. The molecule has 0 aliphatic rings. The first-order valence-electron chi connectivity index (χ1n) is 3.62. The van der Waals surface area contributed by atoms with E-state index >= 15 is 0 Å². The van der Waals surface area contributed by atoms with E-state index in [1.807, 2.05) is 6.92 Å². The summed E-state index contributed by atoms with van der Waals surface area (Å²) >= 11 is 2.30. The Bertz CT molecular complexity index is 80.0. The van der Waals surface area contributed by atoms with Gasteiger partial charge in [0.05, 0.1) is 0 Å². The van der Waals surface area contributed by atoms with Crippen molar-refractivity contribution in [2.24, 2.45) is 11.7 Å². The van der Waals surface area contributed by atoms with Gasteiger partial charge in [-0.3, -0.25) is 0 Å². The van der Waals surface area contributed by atoms with Crippen LogP contribution < -0.4 is 5.73 Å². The van der Waals surface area contributed by atoms with Gasteiger partial charge in [-0.2, -0.15) is 0 Å². The first-order chi connectivity index (χ1) is 4.72. The van der Waals surface area contributed by atoms with E-state index in [1.165, 1.54) is 0 Å². The Hall–Kier alpha value is 0.620. The summed E-state index contributed by atoms with van der Waals surface area (Å²) in [7, 11) is 0. The molecule has 0 saturated carbocycles. The van der Waals surface area contributed by atoms with E-state index < -0.39 is 6.17 Å². The maximum Gasteiger partial charge on any atom is 0.115 e. The molecule has 0 radical (unpaired) electrons. The standard InChI is InChI=1S/C7H15FIN/c1-6(3-2-4-9)7(8)5-10/h6-7H,2-5,10H2,1H3. The lowest BCUT2D eigenvalue weighted by Gasteiger charge is -2.13. The summed E-state index contributed by atoms with van der Waals surface area (Å²) in [4.78, 5) is 0. The van der Waals surface area contributed by atoms with Crippen molar-refractivity contribution in [3.05, 3.63) is 0 Å². The second kappa shape index (κ2) is 6.34. The molecule has 1 nitrogen and oxygen atoms in total. The topological polar surface area (TPSA) is 26.0 Å². The van der Waals surface area contributed by atoms with Gasteiger partial charge in [0.15, 0.2) is 0 Å². The monoisotopic (exact) mass is 259 g/mol. The highest BCUT2D eigenvalue weighted by Crippen LogP contribution is 2.13. The molecule has 0 aromatic rings. The zero-order chi connectivity index (χ0) is 7.98. The zero-order valence-corrected chi connectivity index (χ0v) is 8.47. The highest BCUT2D eigenvalue weighted by atomic mass is 127. The minimum Gasteiger partial charge on any atom is -0.328 e. The third kappa shape index (κ3) is 4.44. The van der Waals surface area contributed by atoms with Crippen LogP contribution in [0.25, 0.3) is 0 Å². The van der Waals surface area contributed by atoms with Crippen molar-refractivity contribution in [2.75, 3.05) is 11.0 Å². The molecule has 0 aliphatic carbocycles. The average molecular weight is 259 g/mol. The van der Waals surface area contributed by atoms with E-state index in [0.29, 0.717) is 0 Å². The summed E-state index contributed by atoms with van der Waals surface area (Å²) in [6.45, 7) is 2.09. The quantitative estimate of drug-likeness (QED) is 0.594. The van der Waals surface area contributed by atoms with Crippen molar-refractivity contribution in [3.8, 4) is 0 Å². The number of halogens is 2. The zero-order valence-electron chi connectivity index (χ0n) is 6.32. The van der Waals surface area contributed by atoms with Gasteiger partial charge in [-0.1, -0.05) is 29.5 Å². The summed E-state index contributed by atoms with van der Waals surface area (Å²) in [5.74, 6) is 0.139. The predicted molar refractivity (Wildman–Crippen MR) is 51.2 cm³/mol. The first-order valence-corrected chi connectivity index (χ1v) is 5.15. The van der Waals surface area contributed by atoms with E-state index in [0.717, 1.165) is 17.3 Å². The molecule has 0 aliphatic heterocycles. The Morgan fingerprint density at radius 1 is 1.60 bits per heavy atom. The minimum atomic E-state index is -0.803. The molecule has 2 atom stereocenters. The maximum atomic E-state index is 12.7. The molecule has 0 bridgehead atoms. The molecular weight excluding hydrogens is 244 g/mol. The van der Waals surface area contributed by atoms with Crippen LogP contribution in [0.4, 0.5) is 4.39 Å². The van der Waals surface area contributed by atoms with E-state index in [1.54, 1.807) is 0 Å². The molecule has 62 valence electrons. The van der Waals surface area contributed by atoms with Gasteiger partial charge in [0.25, 0.3) is 0 Å². The lowest BCUT2D eigenvalue weighted by atomic mass is 10.0. The van der Waals surface area contributed by atoms with Gasteiger partial charge in [0.1, 0.15) is 6.17 Å². The SMILES string of the molecule is CC(CCCI)C(F)CN. The van der Waals surface area contributed by atoms with Crippen LogP contribution in [-0.4, -0.2) is 17.1 Å². The fourth-order valence-electron chi connectivity index (χ4n) is 0.812. The number of nitrogens with two attached hydrogens (primary N) is 1. The number of rotatable bonds is 5. The van der Waals surface area contributed by atoms with Gasteiger partial charge in [-0.15, -0.1) is 0 Å². The third-order valence-electron chi connectivity index (χ3n) is 1.64. The van der Waals surface area contributed by atoms with Gasteiger partial charge in [-0.25, -0.2) is 4.39 Å². The van der Waals surface area contributed by atoms with Gasteiger partial charge < -0.3 is 5.73 Å². The van der Waals surface area contributed by atoms with Crippen LogP contribution in [0.2, 0.25) is 0 Å². The number of hydrogen-bond acceptors (Lipinski definition) is 1. The second-order valence-electron chi connectivity index (χ2n) is 2.56. The predicted octanol–water partition coefficient (Wildman–Crippen LogP) is 2.13. The van der Waals surface area contributed by atoms with E-state index in [2.05, 4.69) is 22.6 Å². The average Bonchev–Trinajstić information content (AvgIpc) is 1.98. The molecule has 0 rings (SSSR count). The summed E-state index contributed by atoms with van der Waals surface area (Å²) in [6.07, 6.45) is 1.26. The number of hydrogen-bond donors (Lipinski definition) is 1. The molecule has 0 aromatic carbocycles. The Balaban J connectivity index is 3.31. The van der Waals surface area contributed by atoms with Crippen molar-refractivity contribution in [3.63, 3.8) is 0 Å². The Kier molecular flexibility index (Phi) is 6.73. The second-order valence-corrected chi connectivity index (χ2v) is 3.64. The van der Waals surface area contributed by atoms with Gasteiger partial charge in [0, 0.05) is 6.54 Å². The summed E-state index contributed by atoms with van der Waals surface area (Å²) in [5.41, 5.74) is 5.17. The summed E-state index contributed by atoms with van der Waals surface area (Å²) < 4.78 is 13.8. The highest BCUT2D eigenvalue weighted by molar-refractivity contribution is 14.1. The van der Waals surface area contributed by atoms with Gasteiger partial charge in [-0.05, 0) is 23.2 Å². The molecular formula is C7H15FIN. The van der Waals surface area contributed by atoms with Crippen LogP contribution in [0, 0.1) is 5.92 Å². The minimum absolute atomic E-state index is 0.139. The summed E-state index contributed by atoms with van der Waals surface area (Å²) in [5, 5.41) is 0. The smallest absolute Gasteiger partial charge is 0.115 e. The van der Waals surface area contributed by atoms with Gasteiger partial charge >= 0.3 is 0 Å². The van der Waals surface area contributed by atoms with Crippen LogP contribution in [0.5, 0.6) is 0 Å². The van der Waals surface area contributed by atoms with Crippen LogP contribution in [0.15, 0.2) is 0 Å². The van der Waals surface area contributed by atoms with Crippen LogP contribution >= 0.6 is 22.6 Å². The van der Waals surface area contributed by atoms with Crippen molar-refractivity contribution < 1.29 is 4.39 Å². The lowest BCUT2D eigenvalue weighted by Crippen LogP contribution is -2.22.